The van der Waals surface area contributed by atoms with Gasteiger partial charge in [-0.3, -0.25) is 0 Å². The minimum Gasteiger partial charge on any atom is -0.0654 e. The van der Waals surface area contributed by atoms with E-state index >= 15 is 0 Å². The van der Waals surface area contributed by atoms with E-state index in [0.717, 1.165) is 0 Å². The van der Waals surface area contributed by atoms with Gasteiger partial charge in [0.15, 0.2) is 0 Å². The summed E-state index contributed by atoms with van der Waals surface area (Å²) in [5.74, 6) is 0. The van der Waals surface area contributed by atoms with Gasteiger partial charge >= 0.3 is 0 Å². The monoisotopic (exact) mass is 234 g/mol. The molecule has 0 aliphatic heterocycles. The first kappa shape index (κ1) is 12.5. The van der Waals surface area contributed by atoms with Gasteiger partial charge in [0, 0.05) is 23.9 Å². The smallest absolute Gasteiger partial charge is 0 e. The standard InChI is InChI=1S/C8H18.Sn/c1-3-5-7-8-6-4-2;/h3-8H2,1-2H3;. The molecular weight excluding hydrogens is 215 g/mol. The fourth-order valence-electron chi connectivity index (χ4n) is 0.854. The second kappa shape index (κ2) is 11.6. The predicted octanol–water partition coefficient (Wildman–Crippen LogP) is 2.99. The van der Waals surface area contributed by atoms with Crippen molar-refractivity contribution in [1.82, 2.24) is 0 Å². The maximum absolute atomic E-state index is 2.26. The van der Waals surface area contributed by atoms with Gasteiger partial charge in [-0.15, -0.1) is 0 Å². The topological polar surface area (TPSA) is 0 Å². The summed E-state index contributed by atoms with van der Waals surface area (Å²) in [5.41, 5.74) is 0. The molecule has 0 spiro atoms. The van der Waals surface area contributed by atoms with Gasteiger partial charge in [0.25, 0.3) is 0 Å². The van der Waals surface area contributed by atoms with Crippen molar-refractivity contribution in [1.29, 1.82) is 0 Å². The Kier molecular flexibility index (Phi) is 16.0. The molecule has 0 atom stereocenters. The largest absolute Gasteiger partial charge is 0.0654 e. The molecule has 0 rings (SSSR count). The SMILES string of the molecule is CCCCCCCC.[Sn]. The Morgan fingerprint density at radius 2 is 1.00 bits per heavy atom. The van der Waals surface area contributed by atoms with Crippen LogP contribution in [0.4, 0.5) is 0 Å². The molecule has 0 N–H and O–H groups in total. The Bertz CT molecular complexity index is 29.5. The quantitative estimate of drug-likeness (QED) is 0.505. The van der Waals surface area contributed by atoms with E-state index in [-0.39, 0.29) is 23.9 Å². The Morgan fingerprint density at radius 1 is 0.667 bits per heavy atom. The number of unbranched alkanes of at least 4 members (excludes halogenated alkanes) is 5. The van der Waals surface area contributed by atoms with Gasteiger partial charge in [-0.05, 0) is 0 Å². The minimum absolute atomic E-state index is 0. The summed E-state index contributed by atoms with van der Waals surface area (Å²) < 4.78 is 0. The van der Waals surface area contributed by atoms with Crippen LogP contribution in [0.2, 0.25) is 0 Å². The van der Waals surface area contributed by atoms with E-state index < -0.39 is 0 Å². The fraction of sp³-hybridized carbons (Fsp3) is 1.00. The van der Waals surface area contributed by atoms with Crippen LogP contribution in [0.1, 0.15) is 52.4 Å². The van der Waals surface area contributed by atoms with Crippen LogP contribution in [0.5, 0.6) is 0 Å². The van der Waals surface area contributed by atoms with E-state index in [9.17, 15) is 0 Å². The van der Waals surface area contributed by atoms with E-state index in [1.165, 1.54) is 38.5 Å². The molecule has 9 heavy (non-hydrogen) atoms. The van der Waals surface area contributed by atoms with Crippen molar-refractivity contribution in [2.45, 2.75) is 52.4 Å². The van der Waals surface area contributed by atoms with Gasteiger partial charge in [0.1, 0.15) is 0 Å². The zero-order chi connectivity index (χ0) is 6.24. The summed E-state index contributed by atoms with van der Waals surface area (Å²) >= 11 is 0. The van der Waals surface area contributed by atoms with Gasteiger partial charge in [0.2, 0.25) is 0 Å². The number of hydrogen-bond donors (Lipinski definition) is 0. The molecular formula is C8H18Sn. The molecule has 0 aliphatic carbocycles. The van der Waals surface area contributed by atoms with Crippen LogP contribution in [0, 0.1) is 0 Å². The molecule has 0 heterocycles. The van der Waals surface area contributed by atoms with Crippen molar-refractivity contribution in [3.63, 3.8) is 0 Å². The molecule has 0 fully saturated rings. The summed E-state index contributed by atoms with van der Waals surface area (Å²) in [6, 6.07) is 0. The second-order valence-corrected chi connectivity index (χ2v) is 2.41. The van der Waals surface area contributed by atoms with Crippen molar-refractivity contribution >= 4 is 23.9 Å². The van der Waals surface area contributed by atoms with Crippen molar-refractivity contribution in [2.24, 2.45) is 0 Å². The van der Waals surface area contributed by atoms with Crippen molar-refractivity contribution < 1.29 is 0 Å². The van der Waals surface area contributed by atoms with Gasteiger partial charge in [-0.1, -0.05) is 52.4 Å². The van der Waals surface area contributed by atoms with Crippen molar-refractivity contribution in [2.75, 3.05) is 0 Å². The van der Waals surface area contributed by atoms with Crippen LogP contribution >= 0.6 is 0 Å². The maximum atomic E-state index is 2.26. The van der Waals surface area contributed by atoms with Crippen LogP contribution in [-0.4, -0.2) is 23.9 Å². The first-order chi connectivity index (χ1) is 3.91. The van der Waals surface area contributed by atoms with Crippen LogP contribution in [0.25, 0.3) is 0 Å². The Morgan fingerprint density at radius 3 is 1.22 bits per heavy atom. The third-order valence-corrected chi connectivity index (χ3v) is 1.46. The first-order valence-electron chi connectivity index (χ1n) is 3.91. The van der Waals surface area contributed by atoms with E-state index in [1.807, 2.05) is 0 Å². The molecule has 4 radical (unpaired) electrons. The van der Waals surface area contributed by atoms with Gasteiger partial charge in [-0.2, -0.15) is 0 Å². The Hall–Kier alpha value is 0.799. The molecule has 0 saturated carbocycles. The molecule has 0 nitrogen and oxygen atoms in total. The van der Waals surface area contributed by atoms with Crippen LogP contribution in [0.3, 0.4) is 0 Å². The van der Waals surface area contributed by atoms with E-state index in [4.69, 9.17) is 0 Å². The summed E-state index contributed by atoms with van der Waals surface area (Å²) in [4.78, 5) is 0. The average Bonchev–Trinajstić information content (AvgIpc) is 1.81. The summed E-state index contributed by atoms with van der Waals surface area (Å²) in [6.07, 6.45) is 8.49. The molecule has 0 aromatic heterocycles. The average molecular weight is 233 g/mol. The summed E-state index contributed by atoms with van der Waals surface area (Å²) in [6.45, 7) is 4.51. The fourth-order valence-corrected chi connectivity index (χ4v) is 0.854. The molecule has 0 amide bonds. The molecule has 0 aromatic rings. The Balaban J connectivity index is 0. The van der Waals surface area contributed by atoms with Crippen LogP contribution < -0.4 is 0 Å². The predicted molar refractivity (Wildman–Crippen MR) is 44.8 cm³/mol. The molecule has 0 aliphatic rings. The van der Waals surface area contributed by atoms with Crippen LogP contribution in [-0.2, 0) is 0 Å². The van der Waals surface area contributed by atoms with Gasteiger partial charge in [0.05, 0.1) is 0 Å². The first-order valence-corrected chi connectivity index (χ1v) is 3.91. The van der Waals surface area contributed by atoms with Gasteiger partial charge in [-0.25, -0.2) is 0 Å². The number of rotatable bonds is 5. The van der Waals surface area contributed by atoms with Gasteiger partial charge < -0.3 is 0 Å². The van der Waals surface area contributed by atoms with Crippen molar-refractivity contribution in [3.05, 3.63) is 0 Å². The molecule has 0 unspecified atom stereocenters. The zero-order valence-electron chi connectivity index (χ0n) is 6.74. The molecule has 0 aromatic carbocycles. The van der Waals surface area contributed by atoms with Crippen molar-refractivity contribution in [3.8, 4) is 0 Å². The minimum atomic E-state index is 0. The third-order valence-electron chi connectivity index (χ3n) is 1.46. The molecule has 54 valence electrons. The Labute approximate surface area is 76.4 Å². The number of hydrogen-bond acceptors (Lipinski definition) is 0. The van der Waals surface area contributed by atoms with E-state index in [1.54, 1.807) is 0 Å². The third kappa shape index (κ3) is 12.1. The normalized spacial score (nSPS) is 8.67. The molecule has 0 bridgehead atoms. The zero-order valence-corrected chi connectivity index (χ0v) is 9.60. The van der Waals surface area contributed by atoms with E-state index in [2.05, 4.69) is 13.8 Å². The van der Waals surface area contributed by atoms with Crippen LogP contribution in [0.15, 0.2) is 0 Å². The molecule has 0 saturated heterocycles. The summed E-state index contributed by atoms with van der Waals surface area (Å²) in [5, 5.41) is 0. The molecule has 1 heteroatoms. The maximum Gasteiger partial charge on any atom is 0 e. The van der Waals surface area contributed by atoms with E-state index in [0.29, 0.717) is 0 Å². The summed E-state index contributed by atoms with van der Waals surface area (Å²) in [7, 11) is 0. The second-order valence-electron chi connectivity index (χ2n) is 2.41.